The number of aryl methyl sites for hydroxylation is 2. The van der Waals surface area contributed by atoms with Crippen LogP contribution in [0.15, 0.2) is 24.4 Å². The number of hydrogen-bond acceptors (Lipinski definition) is 4. The number of hydrogen-bond donors (Lipinski definition) is 2. The molecule has 0 atom stereocenters. The van der Waals surface area contributed by atoms with Crippen molar-refractivity contribution in [1.29, 1.82) is 0 Å². The highest BCUT2D eigenvalue weighted by Gasteiger charge is 2.08. The summed E-state index contributed by atoms with van der Waals surface area (Å²) in [5.74, 6) is 1.47. The first-order chi connectivity index (χ1) is 9.70. The molecule has 20 heavy (non-hydrogen) atoms. The molecule has 0 saturated carbocycles. The fourth-order valence-electron chi connectivity index (χ4n) is 2.12. The summed E-state index contributed by atoms with van der Waals surface area (Å²) >= 11 is 0. The molecule has 0 aromatic carbocycles. The van der Waals surface area contributed by atoms with Crippen molar-refractivity contribution in [2.75, 3.05) is 5.32 Å². The smallest absolute Gasteiger partial charge is 0.174 e. The Hall–Kier alpha value is -2.04. The average Bonchev–Trinajstić information content (AvgIpc) is 2.78. The SMILES string of the molecule is CCCCCCn1nc(C)cc1Nc1ncccc1O. The van der Waals surface area contributed by atoms with E-state index in [1.165, 1.54) is 19.3 Å². The minimum atomic E-state index is 0.142. The Morgan fingerprint density at radius 1 is 1.30 bits per heavy atom. The molecule has 0 aliphatic carbocycles. The van der Waals surface area contributed by atoms with Gasteiger partial charge in [-0.3, -0.25) is 0 Å². The molecular formula is C15H22N4O. The summed E-state index contributed by atoms with van der Waals surface area (Å²) in [7, 11) is 0. The Morgan fingerprint density at radius 3 is 2.90 bits per heavy atom. The lowest BCUT2D eigenvalue weighted by Gasteiger charge is -2.10. The van der Waals surface area contributed by atoms with Gasteiger partial charge in [0.15, 0.2) is 11.6 Å². The lowest BCUT2D eigenvalue weighted by Crippen LogP contribution is -2.06. The second-order valence-corrected chi connectivity index (χ2v) is 4.95. The van der Waals surface area contributed by atoms with Gasteiger partial charge in [0.2, 0.25) is 0 Å². The summed E-state index contributed by atoms with van der Waals surface area (Å²) in [5, 5.41) is 17.4. The van der Waals surface area contributed by atoms with Gasteiger partial charge < -0.3 is 10.4 Å². The first-order valence-corrected chi connectivity index (χ1v) is 7.16. The molecule has 2 N–H and O–H groups in total. The summed E-state index contributed by atoms with van der Waals surface area (Å²) < 4.78 is 1.94. The lowest BCUT2D eigenvalue weighted by molar-refractivity contribution is 0.475. The maximum atomic E-state index is 9.76. The second-order valence-electron chi connectivity index (χ2n) is 4.95. The summed E-state index contributed by atoms with van der Waals surface area (Å²) in [6.07, 6.45) is 6.45. The molecule has 0 radical (unpaired) electrons. The van der Waals surface area contributed by atoms with Crippen LogP contribution in [-0.4, -0.2) is 19.9 Å². The van der Waals surface area contributed by atoms with Gasteiger partial charge in [-0.2, -0.15) is 5.10 Å². The molecule has 5 nitrogen and oxygen atoms in total. The number of aromatic hydroxyl groups is 1. The Balaban J connectivity index is 2.06. The monoisotopic (exact) mass is 274 g/mol. The quantitative estimate of drug-likeness (QED) is 0.757. The standard InChI is InChI=1S/C15H22N4O/c1-3-4-5-6-10-19-14(11-12(2)18-19)17-15-13(20)8-7-9-16-15/h7-9,11,20H,3-6,10H2,1-2H3,(H,16,17). The first kappa shape index (κ1) is 14.4. The second kappa shape index (κ2) is 6.93. The molecule has 5 heteroatoms. The summed E-state index contributed by atoms with van der Waals surface area (Å²) in [6.45, 7) is 5.05. The van der Waals surface area contributed by atoms with Crippen LogP contribution < -0.4 is 5.32 Å². The highest BCUT2D eigenvalue weighted by atomic mass is 16.3. The predicted octanol–water partition coefficient (Wildman–Crippen LogP) is 3.62. The third-order valence-corrected chi connectivity index (χ3v) is 3.16. The molecule has 2 aromatic heterocycles. The van der Waals surface area contributed by atoms with Crippen molar-refractivity contribution < 1.29 is 5.11 Å². The molecule has 0 spiro atoms. The molecule has 0 unspecified atom stereocenters. The van der Waals surface area contributed by atoms with Gasteiger partial charge in [0.1, 0.15) is 5.82 Å². The van der Waals surface area contributed by atoms with Crippen LogP contribution in [0.3, 0.4) is 0 Å². The van der Waals surface area contributed by atoms with Gasteiger partial charge in [0.25, 0.3) is 0 Å². The molecule has 108 valence electrons. The van der Waals surface area contributed by atoms with E-state index in [-0.39, 0.29) is 5.75 Å². The minimum Gasteiger partial charge on any atom is -0.504 e. The van der Waals surface area contributed by atoms with Crippen LogP contribution in [0.1, 0.15) is 38.3 Å². The Labute approximate surface area is 119 Å². The van der Waals surface area contributed by atoms with E-state index < -0.39 is 0 Å². The van der Waals surface area contributed by atoms with Crippen molar-refractivity contribution in [1.82, 2.24) is 14.8 Å². The zero-order chi connectivity index (χ0) is 14.4. The topological polar surface area (TPSA) is 63.0 Å². The van der Waals surface area contributed by atoms with Crippen LogP contribution in [0.4, 0.5) is 11.6 Å². The fourth-order valence-corrected chi connectivity index (χ4v) is 2.12. The first-order valence-electron chi connectivity index (χ1n) is 7.16. The molecule has 0 amide bonds. The van der Waals surface area contributed by atoms with E-state index in [0.717, 1.165) is 24.5 Å². The van der Waals surface area contributed by atoms with Crippen LogP contribution in [0.5, 0.6) is 5.75 Å². The maximum absolute atomic E-state index is 9.76. The van der Waals surface area contributed by atoms with E-state index >= 15 is 0 Å². The number of unbranched alkanes of at least 4 members (excludes halogenated alkanes) is 3. The fraction of sp³-hybridized carbons (Fsp3) is 0.467. The number of nitrogens with zero attached hydrogens (tertiary/aromatic N) is 3. The van der Waals surface area contributed by atoms with E-state index in [4.69, 9.17) is 0 Å². The van der Waals surface area contributed by atoms with Crippen molar-refractivity contribution in [2.45, 2.75) is 46.1 Å². The number of rotatable bonds is 7. The van der Waals surface area contributed by atoms with Crippen molar-refractivity contribution in [3.63, 3.8) is 0 Å². The highest BCUT2D eigenvalue weighted by molar-refractivity contribution is 5.59. The van der Waals surface area contributed by atoms with E-state index in [1.807, 2.05) is 17.7 Å². The lowest BCUT2D eigenvalue weighted by atomic mass is 10.2. The predicted molar refractivity (Wildman–Crippen MR) is 80.3 cm³/mol. The van der Waals surface area contributed by atoms with Gasteiger partial charge in [0, 0.05) is 18.8 Å². The van der Waals surface area contributed by atoms with E-state index in [0.29, 0.717) is 5.82 Å². The Kier molecular flexibility index (Phi) is 4.98. The van der Waals surface area contributed by atoms with Crippen LogP contribution in [0, 0.1) is 6.92 Å². The average molecular weight is 274 g/mol. The Bertz CT molecular complexity index is 551. The van der Waals surface area contributed by atoms with Crippen LogP contribution in [0.2, 0.25) is 0 Å². The zero-order valence-corrected chi connectivity index (χ0v) is 12.1. The van der Waals surface area contributed by atoms with Crippen LogP contribution >= 0.6 is 0 Å². The molecule has 2 aromatic rings. The van der Waals surface area contributed by atoms with Crippen LogP contribution in [-0.2, 0) is 6.54 Å². The van der Waals surface area contributed by atoms with Gasteiger partial charge in [-0.05, 0) is 25.5 Å². The molecule has 2 rings (SSSR count). The third kappa shape index (κ3) is 3.73. The van der Waals surface area contributed by atoms with Crippen molar-refractivity contribution in [3.05, 3.63) is 30.1 Å². The van der Waals surface area contributed by atoms with Gasteiger partial charge in [-0.15, -0.1) is 0 Å². The van der Waals surface area contributed by atoms with E-state index in [9.17, 15) is 5.11 Å². The van der Waals surface area contributed by atoms with Crippen molar-refractivity contribution in [3.8, 4) is 5.75 Å². The minimum absolute atomic E-state index is 0.142. The Morgan fingerprint density at radius 2 is 2.15 bits per heavy atom. The summed E-state index contributed by atoms with van der Waals surface area (Å²) in [5.41, 5.74) is 0.957. The summed E-state index contributed by atoms with van der Waals surface area (Å²) in [6, 6.07) is 5.28. The molecular weight excluding hydrogens is 252 g/mol. The molecule has 0 bridgehead atoms. The third-order valence-electron chi connectivity index (χ3n) is 3.16. The van der Waals surface area contributed by atoms with Crippen molar-refractivity contribution >= 4 is 11.6 Å². The van der Waals surface area contributed by atoms with Crippen molar-refractivity contribution in [2.24, 2.45) is 0 Å². The van der Waals surface area contributed by atoms with Gasteiger partial charge in [-0.1, -0.05) is 26.2 Å². The number of nitrogens with one attached hydrogen (secondary N) is 1. The largest absolute Gasteiger partial charge is 0.504 e. The molecule has 0 aliphatic rings. The van der Waals surface area contributed by atoms with E-state index in [2.05, 4.69) is 22.3 Å². The van der Waals surface area contributed by atoms with Gasteiger partial charge >= 0.3 is 0 Å². The summed E-state index contributed by atoms with van der Waals surface area (Å²) in [4.78, 5) is 4.13. The van der Waals surface area contributed by atoms with E-state index in [1.54, 1.807) is 18.3 Å². The number of anilines is 2. The normalized spacial score (nSPS) is 10.7. The van der Waals surface area contributed by atoms with Crippen LogP contribution in [0.25, 0.3) is 0 Å². The molecule has 0 fully saturated rings. The molecule has 2 heterocycles. The molecule has 0 saturated heterocycles. The maximum Gasteiger partial charge on any atom is 0.174 e. The highest BCUT2D eigenvalue weighted by Crippen LogP contribution is 2.24. The zero-order valence-electron chi connectivity index (χ0n) is 12.1. The van der Waals surface area contributed by atoms with Gasteiger partial charge in [0.05, 0.1) is 5.69 Å². The molecule has 0 aliphatic heterocycles. The van der Waals surface area contributed by atoms with Gasteiger partial charge in [-0.25, -0.2) is 9.67 Å². The number of aromatic nitrogens is 3. The number of pyridine rings is 1.